The van der Waals surface area contributed by atoms with Crippen LogP contribution in [0.25, 0.3) is 0 Å². The number of benzene rings is 2. The Morgan fingerprint density at radius 1 is 1.03 bits per heavy atom. The molecule has 5 rings (SSSR count). The van der Waals surface area contributed by atoms with E-state index in [1.54, 1.807) is 0 Å². The third-order valence-corrected chi connectivity index (χ3v) is 6.84. The average Bonchev–Trinajstić information content (AvgIpc) is 2.75. The van der Waals surface area contributed by atoms with Crippen LogP contribution in [0.5, 0.6) is 0 Å². The molecule has 0 aromatic heterocycles. The highest BCUT2D eigenvalue weighted by molar-refractivity contribution is 5.70. The second-order valence-corrected chi connectivity index (χ2v) is 8.38. The molecule has 3 aliphatic rings. The summed E-state index contributed by atoms with van der Waals surface area (Å²) in [6, 6.07) is 20.1. The minimum atomic E-state index is -1.05. The van der Waals surface area contributed by atoms with Crippen molar-refractivity contribution < 1.29 is 36.1 Å². The van der Waals surface area contributed by atoms with Crippen LogP contribution in [-0.2, 0) is 15.1 Å². The number of aliphatic hydroxyl groups is 1. The van der Waals surface area contributed by atoms with Crippen LogP contribution in [0.2, 0.25) is 0 Å². The topological polar surface area (TPSA) is 46.5 Å². The maximum atomic E-state index is 12.3. The minimum Gasteiger partial charge on any atom is -1.00 e. The fraction of sp³-hybridized carbons (Fsp3) is 0.458. The van der Waals surface area contributed by atoms with Gasteiger partial charge in [0.25, 0.3) is 0 Å². The van der Waals surface area contributed by atoms with Crippen molar-refractivity contribution in [1.82, 2.24) is 0 Å². The van der Waals surface area contributed by atoms with E-state index in [0.717, 1.165) is 48.1 Å². The Labute approximate surface area is 183 Å². The lowest BCUT2D eigenvalue weighted by atomic mass is 9.64. The largest absolute Gasteiger partial charge is 1.00 e. The van der Waals surface area contributed by atoms with Crippen LogP contribution >= 0.6 is 0 Å². The van der Waals surface area contributed by atoms with Crippen molar-refractivity contribution in [3.8, 4) is 0 Å². The highest BCUT2D eigenvalue weighted by Crippen LogP contribution is 2.49. The van der Waals surface area contributed by atoms with E-state index in [0.29, 0.717) is 19.1 Å². The van der Waals surface area contributed by atoms with Gasteiger partial charge in [-0.25, -0.2) is 4.79 Å². The number of esters is 1. The van der Waals surface area contributed by atoms with Gasteiger partial charge in [-0.15, -0.1) is 0 Å². The van der Waals surface area contributed by atoms with Crippen molar-refractivity contribution in [3.63, 3.8) is 0 Å². The molecule has 0 spiro atoms. The molecule has 1 atom stereocenters. The van der Waals surface area contributed by atoms with Gasteiger partial charge in [-0.1, -0.05) is 60.7 Å². The maximum Gasteiger partial charge on any atom is 0.361 e. The van der Waals surface area contributed by atoms with Gasteiger partial charge in [-0.3, -0.25) is 0 Å². The molecular formula is C24H30BrNO3. The number of carbonyl (C=O) groups is 1. The van der Waals surface area contributed by atoms with E-state index in [-0.39, 0.29) is 28.9 Å². The highest BCUT2D eigenvalue weighted by Gasteiger charge is 2.55. The van der Waals surface area contributed by atoms with Gasteiger partial charge in [0, 0.05) is 18.8 Å². The lowest BCUT2D eigenvalue weighted by Crippen LogP contribution is -3.00. The van der Waals surface area contributed by atoms with Gasteiger partial charge < -0.3 is 31.3 Å². The Morgan fingerprint density at radius 3 is 2.03 bits per heavy atom. The summed E-state index contributed by atoms with van der Waals surface area (Å²) in [5.41, 5.74) is 0.829. The molecule has 3 heterocycles. The van der Waals surface area contributed by atoms with Crippen molar-refractivity contribution in [2.45, 2.75) is 25.4 Å². The van der Waals surface area contributed by atoms with Crippen LogP contribution in [0.15, 0.2) is 60.7 Å². The van der Waals surface area contributed by atoms with Crippen LogP contribution < -0.4 is 17.0 Å². The number of rotatable bonds is 6. The molecule has 2 aromatic rings. The molecule has 4 nitrogen and oxygen atoms in total. The van der Waals surface area contributed by atoms with Crippen molar-refractivity contribution in [3.05, 3.63) is 71.8 Å². The number of ether oxygens (including phenoxy) is 1. The summed E-state index contributed by atoms with van der Waals surface area (Å²) in [6.07, 6.45) is 2.10. The van der Waals surface area contributed by atoms with Gasteiger partial charge in [-0.05, 0) is 24.0 Å². The lowest BCUT2D eigenvalue weighted by Gasteiger charge is -2.56. The standard InChI is InChI=1S/C24H30NO3.BrH/c1-2-28-23(26)18-25-15-13-19(14-16-25)22(17-25)24(27,20-9-5-3-6-10-20)21-11-7-4-8-12-21;/h3-12,19,22,27H,2,13-18H2,1H3;1H/q+1;/p-1. The number of hydrogen-bond donors (Lipinski definition) is 1. The number of piperidine rings is 3. The average molecular weight is 460 g/mol. The second kappa shape index (κ2) is 8.99. The molecule has 1 unspecified atom stereocenters. The third kappa shape index (κ3) is 4.14. The summed E-state index contributed by atoms with van der Waals surface area (Å²) in [4.78, 5) is 12.3. The third-order valence-electron chi connectivity index (χ3n) is 6.84. The molecule has 3 fully saturated rings. The fourth-order valence-electron chi connectivity index (χ4n) is 5.44. The zero-order valence-corrected chi connectivity index (χ0v) is 18.6. The smallest absolute Gasteiger partial charge is 0.361 e. The molecule has 0 radical (unpaired) electrons. The van der Waals surface area contributed by atoms with E-state index in [2.05, 4.69) is 0 Å². The van der Waals surface area contributed by atoms with Crippen molar-refractivity contribution in [2.75, 3.05) is 32.8 Å². The first-order valence-electron chi connectivity index (χ1n) is 10.4. The number of halogens is 1. The van der Waals surface area contributed by atoms with Crippen molar-refractivity contribution >= 4 is 5.97 Å². The van der Waals surface area contributed by atoms with Gasteiger partial charge in [-0.2, -0.15) is 0 Å². The Morgan fingerprint density at radius 2 is 1.55 bits per heavy atom. The highest BCUT2D eigenvalue weighted by atomic mass is 79.9. The Balaban J connectivity index is 0.00000240. The van der Waals surface area contributed by atoms with Gasteiger partial charge in [0.05, 0.1) is 26.2 Å². The van der Waals surface area contributed by atoms with E-state index in [1.165, 1.54) is 0 Å². The summed E-state index contributed by atoms with van der Waals surface area (Å²) in [6.45, 7) is 5.50. The van der Waals surface area contributed by atoms with E-state index < -0.39 is 5.60 Å². The number of nitrogens with zero attached hydrogens (tertiary/aromatic N) is 1. The monoisotopic (exact) mass is 459 g/mol. The van der Waals surface area contributed by atoms with E-state index >= 15 is 0 Å². The number of fused-ring (bicyclic) bond motifs is 3. The first-order chi connectivity index (χ1) is 13.6. The summed E-state index contributed by atoms with van der Waals surface area (Å²) in [5.74, 6) is 0.423. The van der Waals surface area contributed by atoms with Crippen LogP contribution in [0.3, 0.4) is 0 Å². The fourth-order valence-corrected chi connectivity index (χ4v) is 5.44. The SMILES string of the molecule is CCOC(=O)C[N+]12CCC(CC1)C(C(O)(c1ccccc1)c1ccccc1)C2.[Br-]. The predicted molar refractivity (Wildman–Crippen MR) is 108 cm³/mol. The molecule has 3 aliphatic heterocycles. The number of carbonyl (C=O) groups excluding carboxylic acids is 1. The van der Waals surface area contributed by atoms with Crippen molar-refractivity contribution in [2.24, 2.45) is 11.8 Å². The van der Waals surface area contributed by atoms with Crippen LogP contribution in [0.1, 0.15) is 30.9 Å². The Kier molecular flexibility index (Phi) is 6.82. The minimum absolute atomic E-state index is 0. The zero-order chi connectivity index (χ0) is 19.6. The molecule has 156 valence electrons. The molecule has 0 saturated carbocycles. The van der Waals surface area contributed by atoms with E-state index in [4.69, 9.17) is 4.74 Å². The first kappa shape index (κ1) is 22.0. The van der Waals surface area contributed by atoms with Crippen molar-refractivity contribution in [1.29, 1.82) is 0 Å². The summed E-state index contributed by atoms with van der Waals surface area (Å²) in [5, 5.41) is 12.2. The Bertz CT molecular complexity index is 764. The molecule has 0 amide bonds. The molecule has 1 N–H and O–H groups in total. The second-order valence-electron chi connectivity index (χ2n) is 8.38. The molecule has 3 saturated heterocycles. The number of quaternary nitrogens is 1. The maximum absolute atomic E-state index is 12.3. The van der Waals surface area contributed by atoms with Gasteiger partial charge in [0.1, 0.15) is 5.60 Å². The molecule has 5 heteroatoms. The number of hydrogen-bond acceptors (Lipinski definition) is 3. The quantitative estimate of drug-likeness (QED) is 0.500. The molecule has 2 bridgehead atoms. The molecule has 29 heavy (non-hydrogen) atoms. The van der Waals surface area contributed by atoms with Gasteiger partial charge in [0.15, 0.2) is 6.54 Å². The normalized spacial score (nSPS) is 25.9. The summed E-state index contributed by atoms with van der Waals surface area (Å²) < 4.78 is 6.00. The van der Waals surface area contributed by atoms with Crippen LogP contribution in [0, 0.1) is 11.8 Å². The zero-order valence-electron chi connectivity index (χ0n) is 17.0. The van der Waals surface area contributed by atoms with Crippen LogP contribution in [0.4, 0.5) is 0 Å². The Hall–Kier alpha value is -1.69. The van der Waals surface area contributed by atoms with Crippen LogP contribution in [-0.4, -0.2) is 48.3 Å². The van der Waals surface area contributed by atoms with E-state index in [9.17, 15) is 9.90 Å². The molecule has 2 aromatic carbocycles. The molecular weight excluding hydrogens is 430 g/mol. The first-order valence-corrected chi connectivity index (χ1v) is 10.4. The summed E-state index contributed by atoms with van der Waals surface area (Å²) in [7, 11) is 0. The predicted octanol–water partition coefficient (Wildman–Crippen LogP) is 0.346. The van der Waals surface area contributed by atoms with E-state index in [1.807, 2.05) is 67.6 Å². The lowest BCUT2D eigenvalue weighted by molar-refractivity contribution is -0.941. The molecule has 0 aliphatic carbocycles. The summed E-state index contributed by atoms with van der Waals surface area (Å²) >= 11 is 0. The van der Waals surface area contributed by atoms with Gasteiger partial charge in [0.2, 0.25) is 0 Å². The van der Waals surface area contributed by atoms with Gasteiger partial charge >= 0.3 is 5.97 Å².